The van der Waals surface area contributed by atoms with Crippen LogP contribution in [-0.4, -0.2) is 54.0 Å². The summed E-state index contributed by atoms with van der Waals surface area (Å²) < 4.78 is 23.1. The second-order valence-corrected chi connectivity index (χ2v) is 7.73. The zero-order chi connectivity index (χ0) is 15.7. The molecule has 1 aliphatic rings. The lowest BCUT2D eigenvalue weighted by Gasteiger charge is -2.22. The summed E-state index contributed by atoms with van der Waals surface area (Å²) in [6, 6.07) is 11.0. The molecule has 1 atom stereocenters. The Morgan fingerprint density at radius 3 is 2.68 bits per heavy atom. The number of amides is 1. The minimum absolute atomic E-state index is 0.0366. The monoisotopic (exact) mass is 319 g/mol. The largest absolute Gasteiger partial charge is 0.336 e. The van der Waals surface area contributed by atoms with Crippen molar-refractivity contribution in [1.82, 2.24) is 15.1 Å². The summed E-state index contributed by atoms with van der Waals surface area (Å²) >= 11 is 0. The van der Waals surface area contributed by atoms with E-state index in [0.29, 0.717) is 17.8 Å². The Hall–Kier alpha value is -2.15. The third-order valence-corrected chi connectivity index (χ3v) is 5.70. The molecule has 1 fully saturated rings. The third kappa shape index (κ3) is 2.89. The highest BCUT2D eigenvalue weighted by Crippen LogP contribution is 2.20. The molecule has 0 radical (unpaired) electrons. The van der Waals surface area contributed by atoms with Crippen LogP contribution in [0.25, 0.3) is 11.3 Å². The van der Waals surface area contributed by atoms with Gasteiger partial charge >= 0.3 is 0 Å². The van der Waals surface area contributed by atoms with E-state index in [1.807, 2.05) is 30.3 Å². The normalized spacial score (nSPS) is 20.0. The van der Waals surface area contributed by atoms with Crippen molar-refractivity contribution in [3.05, 3.63) is 42.1 Å². The van der Waals surface area contributed by atoms with Crippen molar-refractivity contribution in [3.8, 4) is 11.3 Å². The van der Waals surface area contributed by atoms with E-state index in [0.717, 1.165) is 5.56 Å². The Bertz CT molecular complexity index is 783. The highest BCUT2D eigenvalue weighted by molar-refractivity contribution is 7.91. The Kier molecular flexibility index (Phi) is 3.74. The summed E-state index contributed by atoms with van der Waals surface area (Å²) in [6.45, 7) is 0. The van der Waals surface area contributed by atoms with Crippen LogP contribution in [0.5, 0.6) is 0 Å². The molecule has 6 nitrogen and oxygen atoms in total. The molecule has 1 N–H and O–H groups in total. The molecule has 0 aliphatic carbocycles. The highest BCUT2D eigenvalue weighted by Gasteiger charge is 2.33. The predicted molar refractivity (Wildman–Crippen MR) is 83.2 cm³/mol. The number of aromatic amines is 1. The molecule has 0 unspecified atom stereocenters. The summed E-state index contributed by atoms with van der Waals surface area (Å²) in [5.41, 5.74) is 1.98. The topological polar surface area (TPSA) is 83.1 Å². The molecule has 1 amide bonds. The fraction of sp³-hybridized carbons (Fsp3) is 0.333. The van der Waals surface area contributed by atoms with Crippen LogP contribution in [0.15, 0.2) is 36.4 Å². The standard InChI is InChI=1S/C15H17N3O3S/c1-18(12-7-8-22(20,21)10-12)15(19)14-9-13(16-17-14)11-5-3-2-4-6-11/h2-6,9,12H,7-8,10H2,1H3,(H,16,17)/t12-/m0/s1. The predicted octanol–water partition coefficient (Wildman–Crippen LogP) is 1.34. The lowest BCUT2D eigenvalue weighted by molar-refractivity contribution is 0.0741. The van der Waals surface area contributed by atoms with Gasteiger partial charge < -0.3 is 4.90 Å². The van der Waals surface area contributed by atoms with Gasteiger partial charge in [0, 0.05) is 18.7 Å². The number of benzene rings is 1. The molecule has 0 saturated carbocycles. The number of hydrogen-bond acceptors (Lipinski definition) is 4. The lowest BCUT2D eigenvalue weighted by Crippen LogP contribution is -2.38. The van der Waals surface area contributed by atoms with Gasteiger partial charge in [0.2, 0.25) is 0 Å². The molecule has 1 aromatic heterocycles. The molecule has 2 heterocycles. The van der Waals surface area contributed by atoms with Gasteiger partial charge in [-0.05, 0) is 12.5 Å². The number of rotatable bonds is 3. The molecule has 0 spiro atoms. The van der Waals surface area contributed by atoms with Crippen molar-refractivity contribution >= 4 is 15.7 Å². The first kappa shape index (κ1) is 14.8. The van der Waals surface area contributed by atoms with Gasteiger partial charge in [0.25, 0.3) is 5.91 Å². The van der Waals surface area contributed by atoms with Crippen LogP contribution in [0, 0.1) is 0 Å². The first-order valence-corrected chi connectivity index (χ1v) is 8.87. The molecule has 0 bridgehead atoms. The molecule has 1 saturated heterocycles. The maximum Gasteiger partial charge on any atom is 0.271 e. The van der Waals surface area contributed by atoms with E-state index < -0.39 is 9.84 Å². The fourth-order valence-corrected chi connectivity index (χ4v) is 4.40. The van der Waals surface area contributed by atoms with E-state index in [9.17, 15) is 13.2 Å². The number of hydrogen-bond donors (Lipinski definition) is 1. The van der Waals surface area contributed by atoms with Gasteiger partial charge in [-0.1, -0.05) is 30.3 Å². The molecule has 2 aromatic rings. The van der Waals surface area contributed by atoms with E-state index in [-0.39, 0.29) is 23.5 Å². The van der Waals surface area contributed by atoms with E-state index in [1.165, 1.54) is 4.90 Å². The summed E-state index contributed by atoms with van der Waals surface area (Å²) in [6.07, 6.45) is 0.490. The maximum atomic E-state index is 12.4. The average molecular weight is 319 g/mol. The van der Waals surface area contributed by atoms with Gasteiger partial charge in [0.1, 0.15) is 5.69 Å². The molecule has 7 heteroatoms. The summed E-state index contributed by atoms with van der Waals surface area (Å²) in [5.74, 6) is -0.0561. The number of aromatic nitrogens is 2. The molecule has 22 heavy (non-hydrogen) atoms. The lowest BCUT2D eigenvalue weighted by atomic mass is 10.1. The molecule has 3 rings (SSSR count). The van der Waals surface area contributed by atoms with Crippen molar-refractivity contribution in [2.75, 3.05) is 18.6 Å². The van der Waals surface area contributed by atoms with Crippen LogP contribution >= 0.6 is 0 Å². The highest BCUT2D eigenvalue weighted by atomic mass is 32.2. The first-order valence-electron chi connectivity index (χ1n) is 7.05. The quantitative estimate of drug-likeness (QED) is 0.925. The Morgan fingerprint density at radius 2 is 2.05 bits per heavy atom. The molecular weight excluding hydrogens is 302 g/mol. The third-order valence-electron chi connectivity index (χ3n) is 3.95. The molecule has 1 aromatic carbocycles. The van der Waals surface area contributed by atoms with Crippen molar-refractivity contribution < 1.29 is 13.2 Å². The Balaban J connectivity index is 1.77. The average Bonchev–Trinajstić information content (AvgIpc) is 3.13. The van der Waals surface area contributed by atoms with Gasteiger partial charge in [0.05, 0.1) is 17.2 Å². The van der Waals surface area contributed by atoms with Crippen LogP contribution in [0.1, 0.15) is 16.9 Å². The number of nitrogens with one attached hydrogen (secondary N) is 1. The Morgan fingerprint density at radius 1 is 1.32 bits per heavy atom. The number of H-pyrrole nitrogens is 1. The zero-order valence-electron chi connectivity index (χ0n) is 12.2. The van der Waals surface area contributed by atoms with E-state index in [2.05, 4.69) is 10.2 Å². The second-order valence-electron chi connectivity index (χ2n) is 5.51. The van der Waals surface area contributed by atoms with Crippen LogP contribution in [0.2, 0.25) is 0 Å². The van der Waals surface area contributed by atoms with Crippen LogP contribution in [0.3, 0.4) is 0 Å². The van der Waals surface area contributed by atoms with Gasteiger partial charge in [-0.25, -0.2) is 8.42 Å². The van der Waals surface area contributed by atoms with Crippen molar-refractivity contribution in [3.63, 3.8) is 0 Å². The van der Waals surface area contributed by atoms with Crippen LogP contribution in [-0.2, 0) is 9.84 Å². The maximum absolute atomic E-state index is 12.4. The van der Waals surface area contributed by atoms with Gasteiger partial charge in [-0.3, -0.25) is 9.89 Å². The van der Waals surface area contributed by atoms with Crippen molar-refractivity contribution in [2.24, 2.45) is 0 Å². The van der Waals surface area contributed by atoms with Gasteiger partial charge in [0.15, 0.2) is 9.84 Å². The zero-order valence-corrected chi connectivity index (χ0v) is 13.0. The SMILES string of the molecule is CN(C(=O)c1cc(-c2ccccc2)n[nH]1)[C@H]1CCS(=O)(=O)C1. The molecule has 116 valence electrons. The number of carbonyl (C=O) groups is 1. The summed E-state index contributed by atoms with van der Waals surface area (Å²) in [5, 5.41) is 6.89. The smallest absolute Gasteiger partial charge is 0.271 e. The summed E-state index contributed by atoms with van der Waals surface area (Å²) in [4.78, 5) is 13.9. The van der Waals surface area contributed by atoms with Crippen molar-refractivity contribution in [2.45, 2.75) is 12.5 Å². The minimum atomic E-state index is -3.01. The Labute approximate surface area is 129 Å². The van der Waals surface area contributed by atoms with Gasteiger partial charge in [-0.15, -0.1) is 0 Å². The molecular formula is C15H17N3O3S. The fourth-order valence-electron chi connectivity index (χ4n) is 2.62. The van der Waals surface area contributed by atoms with E-state index in [1.54, 1.807) is 13.1 Å². The van der Waals surface area contributed by atoms with E-state index in [4.69, 9.17) is 0 Å². The van der Waals surface area contributed by atoms with E-state index >= 15 is 0 Å². The first-order chi connectivity index (χ1) is 10.5. The van der Waals surface area contributed by atoms with Crippen LogP contribution in [0.4, 0.5) is 0 Å². The summed E-state index contributed by atoms with van der Waals surface area (Å²) in [7, 11) is -1.38. The molecule has 1 aliphatic heterocycles. The number of nitrogens with zero attached hydrogens (tertiary/aromatic N) is 2. The van der Waals surface area contributed by atoms with Crippen LogP contribution < -0.4 is 0 Å². The number of sulfone groups is 1. The van der Waals surface area contributed by atoms with Gasteiger partial charge in [-0.2, -0.15) is 5.10 Å². The minimum Gasteiger partial charge on any atom is -0.336 e. The number of carbonyl (C=O) groups excluding carboxylic acids is 1. The second kappa shape index (κ2) is 5.57. The van der Waals surface area contributed by atoms with Crippen molar-refractivity contribution in [1.29, 1.82) is 0 Å².